The van der Waals surface area contributed by atoms with Crippen molar-refractivity contribution in [2.24, 2.45) is 5.92 Å². The summed E-state index contributed by atoms with van der Waals surface area (Å²) in [7, 11) is 0. The van der Waals surface area contributed by atoms with Crippen LogP contribution in [0.1, 0.15) is 37.3 Å². The molecule has 2 aromatic heterocycles. The number of rotatable bonds is 4. The Morgan fingerprint density at radius 3 is 2.48 bits per heavy atom. The van der Waals surface area contributed by atoms with Crippen molar-refractivity contribution >= 4 is 17.0 Å². The quantitative estimate of drug-likeness (QED) is 0.731. The number of benzene rings is 1. The van der Waals surface area contributed by atoms with Crippen LogP contribution in [0, 0.1) is 5.92 Å². The molecule has 25 heavy (non-hydrogen) atoms. The Bertz CT molecular complexity index is 860. The van der Waals surface area contributed by atoms with Gasteiger partial charge in [0.05, 0.1) is 6.33 Å². The number of imidazole rings is 1. The molecule has 1 aliphatic heterocycles. The summed E-state index contributed by atoms with van der Waals surface area (Å²) in [5.74, 6) is 1.78. The molecule has 2 aliphatic rings. The molecule has 0 unspecified atom stereocenters. The summed E-state index contributed by atoms with van der Waals surface area (Å²) in [6.45, 7) is 2.11. The summed E-state index contributed by atoms with van der Waals surface area (Å²) in [6.07, 6.45) is 9.75. The molecule has 1 saturated carbocycles. The maximum atomic E-state index is 4.64. The van der Waals surface area contributed by atoms with Gasteiger partial charge >= 0.3 is 0 Å². The van der Waals surface area contributed by atoms with Crippen molar-refractivity contribution < 1.29 is 0 Å². The van der Waals surface area contributed by atoms with E-state index in [1.165, 1.54) is 37.7 Å². The summed E-state index contributed by atoms with van der Waals surface area (Å²) in [5.41, 5.74) is 3.42. The van der Waals surface area contributed by atoms with Gasteiger partial charge in [-0.15, -0.1) is 0 Å². The van der Waals surface area contributed by atoms with E-state index in [0.717, 1.165) is 36.0 Å². The highest BCUT2D eigenvalue weighted by atomic mass is 15.2. The molecule has 5 rings (SSSR count). The fraction of sp³-hybridized carbons (Fsp3) is 0.450. The first-order valence-electron chi connectivity index (χ1n) is 9.35. The van der Waals surface area contributed by atoms with E-state index in [9.17, 15) is 0 Å². The topological polar surface area (TPSA) is 46.8 Å². The van der Waals surface area contributed by atoms with Crippen LogP contribution >= 0.6 is 0 Å². The average Bonchev–Trinajstić information content (AvgIpc) is 3.42. The van der Waals surface area contributed by atoms with Gasteiger partial charge in [0.1, 0.15) is 6.33 Å². The summed E-state index contributed by atoms with van der Waals surface area (Å²) < 4.78 is 2.22. The minimum absolute atomic E-state index is 0.601. The predicted molar refractivity (Wildman–Crippen MR) is 98.7 cm³/mol. The van der Waals surface area contributed by atoms with E-state index in [2.05, 4.69) is 54.8 Å². The molecule has 0 bridgehead atoms. The van der Waals surface area contributed by atoms with Crippen LogP contribution in [-0.2, 0) is 6.42 Å². The van der Waals surface area contributed by atoms with Crippen LogP contribution in [0.3, 0.4) is 0 Å². The lowest BCUT2D eigenvalue weighted by Crippen LogP contribution is -2.35. The Morgan fingerprint density at radius 1 is 0.920 bits per heavy atom. The Morgan fingerprint density at radius 2 is 1.72 bits per heavy atom. The van der Waals surface area contributed by atoms with Gasteiger partial charge in [-0.05, 0) is 43.6 Å². The van der Waals surface area contributed by atoms with Crippen LogP contribution in [0.15, 0.2) is 43.0 Å². The third-order valence-electron chi connectivity index (χ3n) is 5.56. The van der Waals surface area contributed by atoms with Gasteiger partial charge in [0.15, 0.2) is 17.0 Å². The summed E-state index contributed by atoms with van der Waals surface area (Å²) in [6, 6.07) is 11.4. The highest BCUT2D eigenvalue weighted by molar-refractivity contribution is 5.83. The molecular formula is C20H23N5. The fourth-order valence-electron chi connectivity index (χ4n) is 3.99. The van der Waals surface area contributed by atoms with Crippen molar-refractivity contribution in [1.29, 1.82) is 0 Å². The van der Waals surface area contributed by atoms with Crippen molar-refractivity contribution in [2.45, 2.75) is 38.1 Å². The third-order valence-corrected chi connectivity index (χ3v) is 5.56. The largest absolute Gasteiger partial charge is 0.355 e. The second kappa shape index (κ2) is 6.14. The molecule has 1 saturated heterocycles. The molecule has 0 amide bonds. The van der Waals surface area contributed by atoms with Gasteiger partial charge in [0, 0.05) is 19.1 Å². The van der Waals surface area contributed by atoms with Crippen molar-refractivity contribution in [3.05, 3.63) is 48.5 Å². The first kappa shape index (κ1) is 14.9. The van der Waals surface area contributed by atoms with Crippen LogP contribution in [0.25, 0.3) is 11.2 Å². The van der Waals surface area contributed by atoms with Crippen LogP contribution in [-0.4, -0.2) is 32.6 Å². The molecule has 0 radical (unpaired) electrons. The Hall–Kier alpha value is -2.43. The van der Waals surface area contributed by atoms with Crippen LogP contribution in [0.5, 0.6) is 0 Å². The molecule has 0 atom stereocenters. The maximum absolute atomic E-state index is 4.64. The van der Waals surface area contributed by atoms with E-state index in [1.807, 2.05) is 6.33 Å². The van der Waals surface area contributed by atoms with Crippen molar-refractivity contribution in [2.75, 3.05) is 18.0 Å². The number of nitrogens with zero attached hydrogens (tertiary/aromatic N) is 5. The normalized spacial score (nSPS) is 18.8. The zero-order valence-corrected chi connectivity index (χ0v) is 14.4. The lowest BCUT2D eigenvalue weighted by Gasteiger charge is -2.32. The molecule has 3 aromatic rings. The van der Waals surface area contributed by atoms with Crippen molar-refractivity contribution in [1.82, 2.24) is 19.5 Å². The van der Waals surface area contributed by atoms with Crippen LogP contribution < -0.4 is 4.90 Å². The molecule has 1 aliphatic carbocycles. The smallest absolute Gasteiger partial charge is 0.165 e. The van der Waals surface area contributed by atoms with E-state index in [1.54, 1.807) is 6.33 Å². The Labute approximate surface area is 147 Å². The number of aromatic nitrogens is 4. The average molecular weight is 333 g/mol. The van der Waals surface area contributed by atoms with Crippen molar-refractivity contribution in [3.63, 3.8) is 0 Å². The molecule has 0 N–H and O–H groups in total. The number of piperidine rings is 1. The third kappa shape index (κ3) is 2.88. The number of hydrogen-bond acceptors (Lipinski definition) is 4. The van der Waals surface area contributed by atoms with Gasteiger partial charge in [-0.25, -0.2) is 15.0 Å². The number of anilines is 1. The molecule has 0 spiro atoms. The zero-order chi connectivity index (χ0) is 16.6. The fourth-order valence-corrected chi connectivity index (χ4v) is 3.99. The van der Waals surface area contributed by atoms with E-state index in [0.29, 0.717) is 6.04 Å². The Balaban J connectivity index is 1.31. The summed E-state index contributed by atoms with van der Waals surface area (Å²) >= 11 is 0. The molecule has 2 fully saturated rings. The van der Waals surface area contributed by atoms with E-state index in [-0.39, 0.29) is 0 Å². The SMILES string of the molecule is c1ccc(CC2CCN(c3ncnc4c3ncn4C3CC3)CC2)cc1. The molecule has 5 nitrogen and oxygen atoms in total. The molecule has 128 valence electrons. The van der Waals surface area contributed by atoms with E-state index >= 15 is 0 Å². The predicted octanol–water partition coefficient (Wildman–Crippen LogP) is 3.62. The highest BCUT2D eigenvalue weighted by Gasteiger charge is 2.28. The maximum Gasteiger partial charge on any atom is 0.165 e. The number of fused-ring (bicyclic) bond motifs is 1. The number of hydrogen-bond donors (Lipinski definition) is 0. The van der Waals surface area contributed by atoms with Gasteiger partial charge in [0.2, 0.25) is 0 Å². The molecule has 5 heteroatoms. The second-order valence-electron chi connectivity index (χ2n) is 7.37. The van der Waals surface area contributed by atoms with Gasteiger partial charge in [0.25, 0.3) is 0 Å². The molecule has 3 heterocycles. The van der Waals surface area contributed by atoms with Crippen LogP contribution in [0.2, 0.25) is 0 Å². The second-order valence-corrected chi connectivity index (χ2v) is 7.37. The van der Waals surface area contributed by atoms with Crippen LogP contribution in [0.4, 0.5) is 5.82 Å². The van der Waals surface area contributed by atoms with E-state index < -0.39 is 0 Å². The van der Waals surface area contributed by atoms with Gasteiger partial charge in [-0.3, -0.25) is 0 Å². The van der Waals surface area contributed by atoms with Crippen molar-refractivity contribution in [3.8, 4) is 0 Å². The highest BCUT2D eigenvalue weighted by Crippen LogP contribution is 2.37. The standard InChI is InChI=1S/C20H23N5/c1-2-4-15(5-3-1)12-16-8-10-24(11-9-16)19-18-20(22-13-21-19)25(14-23-18)17-6-7-17/h1-5,13-14,16-17H,6-12H2. The Kier molecular flexibility index (Phi) is 3.65. The lowest BCUT2D eigenvalue weighted by molar-refractivity contribution is 0.402. The zero-order valence-electron chi connectivity index (χ0n) is 14.4. The molecule has 1 aromatic carbocycles. The minimum Gasteiger partial charge on any atom is -0.355 e. The first-order chi connectivity index (χ1) is 12.4. The monoisotopic (exact) mass is 333 g/mol. The van der Waals surface area contributed by atoms with Gasteiger partial charge < -0.3 is 9.47 Å². The van der Waals surface area contributed by atoms with E-state index in [4.69, 9.17) is 0 Å². The molecular weight excluding hydrogens is 310 g/mol. The summed E-state index contributed by atoms with van der Waals surface area (Å²) in [4.78, 5) is 16.1. The lowest BCUT2D eigenvalue weighted by atomic mass is 9.90. The first-order valence-corrected chi connectivity index (χ1v) is 9.35. The minimum atomic E-state index is 0.601. The summed E-state index contributed by atoms with van der Waals surface area (Å²) in [5, 5.41) is 0. The van der Waals surface area contributed by atoms with Gasteiger partial charge in [-0.2, -0.15) is 0 Å². The van der Waals surface area contributed by atoms with Gasteiger partial charge in [-0.1, -0.05) is 30.3 Å².